The van der Waals surface area contributed by atoms with Crippen molar-refractivity contribution in [3.05, 3.63) is 90.0 Å². The molecule has 0 saturated heterocycles. The van der Waals surface area contributed by atoms with Gasteiger partial charge in [-0.15, -0.1) is 0 Å². The summed E-state index contributed by atoms with van der Waals surface area (Å²) in [5, 5.41) is 5.81. The van der Waals surface area contributed by atoms with Gasteiger partial charge >= 0.3 is 0 Å². The van der Waals surface area contributed by atoms with Crippen LogP contribution in [0.5, 0.6) is 5.75 Å². The van der Waals surface area contributed by atoms with Gasteiger partial charge in [-0.2, -0.15) is 0 Å². The summed E-state index contributed by atoms with van der Waals surface area (Å²) in [6.07, 6.45) is 0.685. The second kappa shape index (κ2) is 10.3. The average Bonchev–Trinajstić information content (AvgIpc) is 2.77. The van der Waals surface area contributed by atoms with Crippen molar-refractivity contribution < 1.29 is 14.3 Å². The van der Waals surface area contributed by atoms with Crippen molar-refractivity contribution in [3.63, 3.8) is 0 Å². The number of benzene rings is 3. The van der Waals surface area contributed by atoms with Gasteiger partial charge in [0.2, 0.25) is 5.91 Å². The highest BCUT2D eigenvalue weighted by Gasteiger charge is 2.19. The Morgan fingerprint density at radius 3 is 2.33 bits per heavy atom. The van der Waals surface area contributed by atoms with Gasteiger partial charge in [-0.05, 0) is 49.2 Å². The van der Waals surface area contributed by atoms with Crippen LogP contribution in [-0.2, 0) is 4.79 Å². The predicted octanol–water partition coefficient (Wildman–Crippen LogP) is 5.47. The summed E-state index contributed by atoms with van der Waals surface area (Å²) < 4.78 is 5.56. The third-order valence-corrected chi connectivity index (χ3v) is 4.75. The third kappa shape index (κ3) is 5.26. The fraction of sp³-hybridized carbons (Fsp3) is 0.200. The Morgan fingerprint density at radius 2 is 1.60 bits per heavy atom. The second-order valence-corrected chi connectivity index (χ2v) is 6.82. The molecule has 0 radical (unpaired) electrons. The van der Waals surface area contributed by atoms with Crippen molar-refractivity contribution in [2.45, 2.75) is 26.2 Å². The molecule has 1 atom stereocenters. The lowest BCUT2D eigenvalue weighted by Crippen LogP contribution is -2.21. The fourth-order valence-corrected chi connectivity index (χ4v) is 3.27. The number of nitrogens with one attached hydrogen (secondary N) is 2. The van der Waals surface area contributed by atoms with E-state index in [2.05, 4.69) is 10.6 Å². The van der Waals surface area contributed by atoms with Crippen molar-refractivity contribution in [2.24, 2.45) is 0 Å². The van der Waals surface area contributed by atoms with Crippen LogP contribution in [-0.4, -0.2) is 18.4 Å². The Kier molecular flexibility index (Phi) is 7.22. The minimum absolute atomic E-state index is 0.0945. The van der Waals surface area contributed by atoms with E-state index in [1.807, 2.05) is 62.4 Å². The van der Waals surface area contributed by atoms with Crippen LogP contribution in [0.3, 0.4) is 0 Å². The largest absolute Gasteiger partial charge is 0.492 e. The first-order chi connectivity index (χ1) is 14.6. The molecule has 1 unspecified atom stereocenters. The SMILES string of the molecule is CCOc1ccccc1NC(=O)c1cccc(NC(=O)C(CC)c2ccccc2)c1. The summed E-state index contributed by atoms with van der Waals surface area (Å²) in [7, 11) is 0. The van der Waals surface area contributed by atoms with E-state index in [1.165, 1.54) is 0 Å². The van der Waals surface area contributed by atoms with Crippen LogP contribution in [0, 0.1) is 0 Å². The topological polar surface area (TPSA) is 67.4 Å². The van der Waals surface area contributed by atoms with Gasteiger partial charge in [0.1, 0.15) is 5.75 Å². The van der Waals surface area contributed by atoms with E-state index in [0.717, 1.165) is 5.56 Å². The van der Waals surface area contributed by atoms with Gasteiger partial charge in [0.15, 0.2) is 0 Å². The standard InChI is InChI=1S/C25H26N2O3/c1-3-21(18-11-6-5-7-12-18)25(29)26-20-14-10-13-19(17-20)24(28)27-22-15-8-9-16-23(22)30-4-2/h5-17,21H,3-4H2,1-2H3,(H,26,29)(H,27,28). The first-order valence-corrected chi connectivity index (χ1v) is 10.1. The van der Waals surface area contributed by atoms with Gasteiger partial charge in [0.25, 0.3) is 5.91 Å². The quantitative estimate of drug-likeness (QED) is 0.525. The Balaban J connectivity index is 1.73. The average molecular weight is 402 g/mol. The molecule has 3 aromatic carbocycles. The van der Waals surface area contributed by atoms with Crippen molar-refractivity contribution in [1.82, 2.24) is 0 Å². The van der Waals surface area contributed by atoms with E-state index in [-0.39, 0.29) is 17.7 Å². The minimum atomic E-state index is -0.270. The number of anilines is 2. The number of para-hydroxylation sites is 2. The van der Waals surface area contributed by atoms with Gasteiger partial charge in [-0.3, -0.25) is 9.59 Å². The molecule has 0 bridgehead atoms. The smallest absolute Gasteiger partial charge is 0.255 e. The Morgan fingerprint density at radius 1 is 0.867 bits per heavy atom. The number of amides is 2. The first-order valence-electron chi connectivity index (χ1n) is 10.1. The molecular weight excluding hydrogens is 376 g/mol. The zero-order chi connectivity index (χ0) is 21.3. The van der Waals surface area contributed by atoms with E-state index in [0.29, 0.717) is 35.7 Å². The monoisotopic (exact) mass is 402 g/mol. The van der Waals surface area contributed by atoms with Crippen LogP contribution >= 0.6 is 0 Å². The Bertz CT molecular complexity index is 1000. The maximum absolute atomic E-state index is 12.8. The lowest BCUT2D eigenvalue weighted by molar-refractivity contribution is -0.117. The zero-order valence-corrected chi connectivity index (χ0v) is 17.2. The molecule has 0 aliphatic carbocycles. The molecule has 0 spiro atoms. The molecule has 0 fully saturated rings. The summed E-state index contributed by atoms with van der Waals surface area (Å²) in [6, 6.07) is 23.9. The van der Waals surface area contributed by atoms with Crippen LogP contribution in [0.25, 0.3) is 0 Å². The molecule has 5 nitrogen and oxygen atoms in total. The van der Waals surface area contributed by atoms with Crippen molar-refractivity contribution >= 4 is 23.2 Å². The van der Waals surface area contributed by atoms with E-state index < -0.39 is 0 Å². The highest BCUT2D eigenvalue weighted by molar-refractivity contribution is 6.06. The van der Waals surface area contributed by atoms with Crippen LogP contribution in [0.2, 0.25) is 0 Å². The zero-order valence-electron chi connectivity index (χ0n) is 17.2. The molecule has 2 N–H and O–H groups in total. The highest BCUT2D eigenvalue weighted by Crippen LogP contribution is 2.25. The molecule has 5 heteroatoms. The highest BCUT2D eigenvalue weighted by atomic mass is 16.5. The van der Waals surface area contributed by atoms with E-state index in [9.17, 15) is 9.59 Å². The van der Waals surface area contributed by atoms with E-state index in [1.54, 1.807) is 30.3 Å². The number of ether oxygens (including phenoxy) is 1. The van der Waals surface area contributed by atoms with Gasteiger partial charge < -0.3 is 15.4 Å². The minimum Gasteiger partial charge on any atom is -0.492 e. The number of rotatable bonds is 8. The molecule has 0 saturated carbocycles. The lowest BCUT2D eigenvalue weighted by Gasteiger charge is -2.16. The third-order valence-electron chi connectivity index (χ3n) is 4.75. The maximum atomic E-state index is 12.8. The molecule has 0 aromatic heterocycles. The molecule has 3 aromatic rings. The number of carbonyl (C=O) groups excluding carboxylic acids is 2. The van der Waals surface area contributed by atoms with Gasteiger partial charge in [0, 0.05) is 11.3 Å². The molecule has 30 heavy (non-hydrogen) atoms. The van der Waals surface area contributed by atoms with E-state index >= 15 is 0 Å². The van der Waals surface area contributed by atoms with E-state index in [4.69, 9.17) is 4.74 Å². The molecule has 3 rings (SSSR count). The summed E-state index contributed by atoms with van der Waals surface area (Å²) >= 11 is 0. The summed E-state index contributed by atoms with van der Waals surface area (Å²) in [4.78, 5) is 25.5. The van der Waals surface area contributed by atoms with Crippen molar-refractivity contribution in [2.75, 3.05) is 17.2 Å². The van der Waals surface area contributed by atoms with Crippen LogP contribution in [0.15, 0.2) is 78.9 Å². The predicted molar refractivity (Wildman–Crippen MR) is 120 cm³/mol. The van der Waals surface area contributed by atoms with Crippen molar-refractivity contribution in [3.8, 4) is 5.75 Å². The summed E-state index contributed by atoms with van der Waals surface area (Å²) in [5.74, 6) is 0.00418. The van der Waals surface area contributed by atoms with Gasteiger partial charge in [-0.25, -0.2) is 0 Å². The Labute approximate surface area is 177 Å². The van der Waals surface area contributed by atoms with Crippen LogP contribution in [0.4, 0.5) is 11.4 Å². The fourth-order valence-electron chi connectivity index (χ4n) is 3.27. The molecule has 0 heterocycles. The summed E-state index contributed by atoms with van der Waals surface area (Å²) in [6.45, 7) is 4.38. The maximum Gasteiger partial charge on any atom is 0.255 e. The molecule has 154 valence electrons. The molecular formula is C25H26N2O3. The number of hydrogen-bond acceptors (Lipinski definition) is 3. The lowest BCUT2D eigenvalue weighted by atomic mass is 9.95. The molecule has 0 aliphatic rings. The number of carbonyl (C=O) groups is 2. The van der Waals surface area contributed by atoms with Gasteiger partial charge in [-0.1, -0.05) is 55.5 Å². The second-order valence-electron chi connectivity index (χ2n) is 6.82. The first kappa shape index (κ1) is 21.1. The van der Waals surface area contributed by atoms with Crippen molar-refractivity contribution in [1.29, 1.82) is 0 Å². The normalized spacial score (nSPS) is 11.4. The number of hydrogen-bond donors (Lipinski definition) is 2. The summed E-state index contributed by atoms with van der Waals surface area (Å²) in [5.41, 5.74) is 2.61. The van der Waals surface area contributed by atoms with Crippen LogP contribution < -0.4 is 15.4 Å². The van der Waals surface area contributed by atoms with Crippen LogP contribution in [0.1, 0.15) is 42.1 Å². The Hall–Kier alpha value is -3.60. The molecule has 0 aliphatic heterocycles. The van der Waals surface area contributed by atoms with Gasteiger partial charge in [0.05, 0.1) is 18.2 Å². The molecule has 2 amide bonds.